The molecule has 0 spiro atoms. The van der Waals surface area contributed by atoms with Gasteiger partial charge in [0, 0.05) is 11.8 Å². The van der Waals surface area contributed by atoms with Gasteiger partial charge in [0.05, 0.1) is 11.8 Å². The predicted molar refractivity (Wildman–Crippen MR) is 121 cm³/mol. The number of hydrogen-bond donors (Lipinski definition) is 1. The number of benzene rings is 2. The molecule has 0 atom stereocenters. The number of aliphatic imine (C=N–C) groups is 1. The molecule has 0 fully saturated rings. The van der Waals surface area contributed by atoms with Crippen LogP contribution in [-0.2, 0) is 4.79 Å². The van der Waals surface area contributed by atoms with Gasteiger partial charge < -0.3 is 9.84 Å². The Morgan fingerprint density at radius 3 is 2.71 bits per heavy atom. The molecule has 5 rings (SSSR count). The molecule has 0 bridgehead atoms. The van der Waals surface area contributed by atoms with Crippen LogP contribution in [0.15, 0.2) is 77.5 Å². The summed E-state index contributed by atoms with van der Waals surface area (Å²) < 4.78 is 6.05. The number of phenolic OH excluding ortho intramolecular Hbond substituents is 1. The van der Waals surface area contributed by atoms with Gasteiger partial charge in [0.2, 0.25) is 5.13 Å². The Kier molecular flexibility index (Phi) is 4.68. The third kappa shape index (κ3) is 3.43. The van der Waals surface area contributed by atoms with Crippen LogP contribution in [0.25, 0.3) is 16.4 Å². The number of carbonyl (C=O) groups excluding carboxylic acids is 1. The van der Waals surface area contributed by atoms with Crippen molar-refractivity contribution < 1.29 is 14.6 Å². The number of aromatic hydroxyl groups is 1. The summed E-state index contributed by atoms with van der Waals surface area (Å²) in [5, 5.41) is 10.3. The van der Waals surface area contributed by atoms with Crippen molar-refractivity contribution in [3.05, 3.63) is 83.7 Å². The Balaban J connectivity index is 1.63. The van der Waals surface area contributed by atoms with E-state index in [1.165, 1.54) is 29.4 Å². The molecule has 8 heteroatoms. The molecular weight excluding hydrogens is 412 g/mol. The third-order valence-corrected chi connectivity index (χ3v) is 5.74. The molecule has 3 heterocycles. The lowest BCUT2D eigenvalue weighted by atomic mass is 10.1. The molecule has 2 aromatic heterocycles. The summed E-state index contributed by atoms with van der Waals surface area (Å²) in [4.78, 5) is 28.4. The molecular formula is C23H16N4O3S. The van der Waals surface area contributed by atoms with Gasteiger partial charge >= 0.3 is 0 Å². The number of ether oxygens (including phenoxy) is 1. The SMILES string of the molecule is COc1cc(C=C2N=C(c3ccccc3)N(c3nc4ncccc4s3)C2=O)ccc1O. The average molecular weight is 428 g/mol. The van der Waals surface area contributed by atoms with E-state index in [-0.39, 0.29) is 17.4 Å². The lowest BCUT2D eigenvalue weighted by Crippen LogP contribution is -2.32. The van der Waals surface area contributed by atoms with Gasteiger partial charge in [0.25, 0.3) is 5.91 Å². The van der Waals surface area contributed by atoms with Crippen LogP contribution in [0.1, 0.15) is 11.1 Å². The summed E-state index contributed by atoms with van der Waals surface area (Å²) in [6.45, 7) is 0. The highest BCUT2D eigenvalue weighted by Gasteiger charge is 2.34. The number of aromatic nitrogens is 2. The van der Waals surface area contributed by atoms with Crippen LogP contribution in [0.2, 0.25) is 0 Å². The highest BCUT2D eigenvalue weighted by molar-refractivity contribution is 7.22. The first kappa shape index (κ1) is 19.0. The van der Waals surface area contributed by atoms with Crippen LogP contribution < -0.4 is 9.64 Å². The van der Waals surface area contributed by atoms with Crippen LogP contribution in [-0.4, -0.2) is 33.9 Å². The lowest BCUT2D eigenvalue weighted by Gasteiger charge is -2.14. The standard InChI is InChI=1S/C23H16N4O3S/c1-30-18-13-14(9-10-17(18)28)12-16-22(29)27(21(25-16)15-6-3-2-4-7-15)23-26-20-19(31-23)8-5-11-24-20/h2-13,28H,1H3. The van der Waals surface area contributed by atoms with E-state index in [1.807, 2.05) is 42.5 Å². The fourth-order valence-electron chi connectivity index (χ4n) is 3.27. The number of nitrogens with zero attached hydrogens (tertiary/aromatic N) is 4. The first-order valence-corrected chi connectivity index (χ1v) is 10.2. The van der Waals surface area contributed by atoms with Crippen molar-refractivity contribution >= 4 is 44.6 Å². The number of amides is 1. The van der Waals surface area contributed by atoms with E-state index in [4.69, 9.17) is 4.74 Å². The Morgan fingerprint density at radius 1 is 1.10 bits per heavy atom. The summed E-state index contributed by atoms with van der Waals surface area (Å²) in [6, 6.07) is 18.1. The van der Waals surface area contributed by atoms with Gasteiger partial charge in [-0.15, -0.1) is 0 Å². The summed E-state index contributed by atoms with van der Waals surface area (Å²) in [7, 11) is 1.47. The maximum Gasteiger partial charge on any atom is 0.284 e. The van der Waals surface area contributed by atoms with Crippen LogP contribution in [0, 0.1) is 0 Å². The number of amidine groups is 1. The summed E-state index contributed by atoms with van der Waals surface area (Å²) >= 11 is 1.38. The smallest absolute Gasteiger partial charge is 0.284 e. The number of fused-ring (bicyclic) bond motifs is 1. The minimum absolute atomic E-state index is 0.0273. The largest absolute Gasteiger partial charge is 0.504 e. The minimum atomic E-state index is -0.287. The fourth-order valence-corrected chi connectivity index (χ4v) is 4.20. The molecule has 0 unspecified atom stereocenters. The van der Waals surface area contributed by atoms with Crippen molar-refractivity contribution in [2.45, 2.75) is 0 Å². The van der Waals surface area contributed by atoms with Crippen molar-refractivity contribution in [2.24, 2.45) is 4.99 Å². The Bertz CT molecular complexity index is 1330. The summed E-state index contributed by atoms with van der Waals surface area (Å²) in [6.07, 6.45) is 3.34. The minimum Gasteiger partial charge on any atom is -0.504 e. The van der Waals surface area contributed by atoms with E-state index < -0.39 is 0 Å². The highest BCUT2D eigenvalue weighted by Crippen LogP contribution is 2.34. The second kappa shape index (κ2) is 7.66. The van der Waals surface area contributed by atoms with Crippen molar-refractivity contribution in [1.29, 1.82) is 0 Å². The molecule has 152 valence electrons. The van der Waals surface area contributed by atoms with E-state index in [0.29, 0.717) is 27.9 Å². The predicted octanol–water partition coefficient (Wildman–Crippen LogP) is 4.24. The Hall–Kier alpha value is -4.04. The lowest BCUT2D eigenvalue weighted by molar-refractivity contribution is -0.113. The normalized spacial score (nSPS) is 15.0. The topological polar surface area (TPSA) is 87.9 Å². The number of anilines is 1. The van der Waals surface area contributed by atoms with Gasteiger partial charge in [-0.1, -0.05) is 47.7 Å². The van der Waals surface area contributed by atoms with Gasteiger partial charge in [-0.3, -0.25) is 4.79 Å². The highest BCUT2D eigenvalue weighted by atomic mass is 32.1. The van der Waals surface area contributed by atoms with Gasteiger partial charge in [-0.05, 0) is 35.9 Å². The maximum absolute atomic E-state index is 13.4. The molecule has 1 aliphatic heterocycles. The van der Waals surface area contributed by atoms with Crippen molar-refractivity contribution in [3.8, 4) is 11.5 Å². The molecule has 1 amide bonds. The third-order valence-electron chi connectivity index (χ3n) is 4.74. The van der Waals surface area contributed by atoms with Crippen LogP contribution in [0.5, 0.6) is 11.5 Å². The van der Waals surface area contributed by atoms with Crippen molar-refractivity contribution in [3.63, 3.8) is 0 Å². The molecule has 31 heavy (non-hydrogen) atoms. The number of carbonyl (C=O) groups is 1. The zero-order valence-electron chi connectivity index (χ0n) is 16.4. The van der Waals surface area contributed by atoms with Crippen LogP contribution in [0.3, 0.4) is 0 Å². The van der Waals surface area contributed by atoms with E-state index in [0.717, 1.165) is 10.3 Å². The van der Waals surface area contributed by atoms with Crippen LogP contribution >= 0.6 is 11.3 Å². The molecule has 4 aromatic rings. The van der Waals surface area contributed by atoms with E-state index in [9.17, 15) is 9.90 Å². The number of rotatable bonds is 4. The quantitative estimate of drug-likeness (QED) is 0.491. The monoisotopic (exact) mass is 428 g/mol. The maximum atomic E-state index is 13.4. The van der Waals surface area contributed by atoms with E-state index in [2.05, 4.69) is 15.0 Å². The molecule has 2 aromatic carbocycles. The second-order valence-corrected chi connectivity index (χ2v) is 7.73. The second-order valence-electron chi connectivity index (χ2n) is 6.72. The molecule has 0 saturated heterocycles. The Morgan fingerprint density at radius 2 is 1.94 bits per heavy atom. The average Bonchev–Trinajstić information content (AvgIpc) is 3.36. The number of hydrogen-bond acceptors (Lipinski definition) is 7. The number of methoxy groups -OCH3 is 1. The first-order valence-electron chi connectivity index (χ1n) is 9.43. The molecule has 7 nitrogen and oxygen atoms in total. The Labute approximate surface area is 181 Å². The molecule has 0 saturated carbocycles. The van der Waals surface area contributed by atoms with E-state index in [1.54, 1.807) is 24.4 Å². The summed E-state index contributed by atoms with van der Waals surface area (Å²) in [5.74, 6) is 0.562. The molecule has 0 radical (unpaired) electrons. The van der Waals surface area contributed by atoms with Gasteiger partial charge in [0.15, 0.2) is 17.1 Å². The van der Waals surface area contributed by atoms with Crippen LogP contribution in [0.4, 0.5) is 5.13 Å². The molecule has 1 N–H and O–H groups in total. The van der Waals surface area contributed by atoms with Crippen molar-refractivity contribution in [1.82, 2.24) is 9.97 Å². The fraction of sp³-hybridized carbons (Fsp3) is 0.0435. The number of phenols is 1. The summed E-state index contributed by atoms with van der Waals surface area (Å²) in [5.41, 5.74) is 2.33. The van der Waals surface area contributed by atoms with Gasteiger partial charge in [-0.2, -0.15) is 4.98 Å². The molecule has 0 aliphatic carbocycles. The van der Waals surface area contributed by atoms with Gasteiger partial charge in [0.1, 0.15) is 11.5 Å². The number of thiazole rings is 1. The zero-order valence-corrected chi connectivity index (χ0v) is 17.2. The first-order chi connectivity index (χ1) is 15.1. The molecule has 1 aliphatic rings. The number of pyridine rings is 1. The van der Waals surface area contributed by atoms with E-state index >= 15 is 0 Å². The van der Waals surface area contributed by atoms with Gasteiger partial charge in [-0.25, -0.2) is 14.9 Å². The zero-order chi connectivity index (χ0) is 21.4. The van der Waals surface area contributed by atoms with Crippen molar-refractivity contribution in [2.75, 3.05) is 12.0 Å².